The third-order valence-corrected chi connectivity index (χ3v) is 5.09. The van der Waals surface area contributed by atoms with Crippen LogP contribution in [0, 0.1) is 6.92 Å². The van der Waals surface area contributed by atoms with E-state index in [2.05, 4.69) is 15.0 Å². The van der Waals surface area contributed by atoms with E-state index in [1.807, 2.05) is 35.9 Å². The lowest BCUT2D eigenvalue weighted by atomic mass is 10.2. The Kier molecular flexibility index (Phi) is 6.56. The number of carbonyl (C=O) groups is 2. The van der Waals surface area contributed by atoms with Gasteiger partial charge in [0.2, 0.25) is 5.91 Å². The van der Waals surface area contributed by atoms with Gasteiger partial charge in [-0.2, -0.15) is 0 Å². The van der Waals surface area contributed by atoms with E-state index in [9.17, 15) is 9.59 Å². The molecule has 150 valence electrons. The van der Waals surface area contributed by atoms with Gasteiger partial charge >= 0.3 is 5.97 Å². The molecule has 0 saturated carbocycles. The van der Waals surface area contributed by atoms with Crippen LogP contribution in [0.2, 0.25) is 0 Å². The predicted molar refractivity (Wildman–Crippen MR) is 112 cm³/mol. The van der Waals surface area contributed by atoms with E-state index in [1.165, 1.54) is 18.9 Å². The summed E-state index contributed by atoms with van der Waals surface area (Å²) in [5.74, 6) is 0.318. The van der Waals surface area contributed by atoms with Crippen LogP contribution in [0.25, 0.3) is 5.69 Å². The van der Waals surface area contributed by atoms with E-state index >= 15 is 0 Å². The van der Waals surface area contributed by atoms with Crippen molar-refractivity contribution in [2.45, 2.75) is 12.1 Å². The second kappa shape index (κ2) is 9.29. The molecule has 1 aromatic heterocycles. The number of aromatic nitrogens is 2. The molecule has 0 unspecified atom stereocenters. The van der Waals surface area contributed by atoms with Gasteiger partial charge in [-0.05, 0) is 48.9 Å². The van der Waals surface area contributed by atoms with Crippen LogP contribution in [-0.2, 0) is 9.53 Å². The number of benzene rings is 2. The standard InChI is InChI=1S/C21H21N3O4S/c1-14-4-9-18(27-2)17(12-14)24-11-10-22-21(24)29-13-19(25)23-16-7-5-15(6-8-16)20(26)28-3/h4-12H,13H2,1-3H3,(H,23,25). The van der Waals surface area contributed by atoms with Gasteiger partial charge in [-0.1, -0.05) is 17.8 Å². The molecular weight excluding hydrogens is 390 g/mol. The monoisotopic (exact) mass is 411 g/mol. The number of ether oxygens (including phenoxy) is 2. The fraction of sp³-hybridized carbons (Fsp3) is 0.190. The number of methoxy groups -OCH3 is 2. The van der Waals surface area contributed by atoms with E-state index in [1.54, 1.807) is 37.6 Å². The van der Waals surface area contributed by atoms with Crippen molar-refractivity contribution in [1.82, 2.24) is 9.55 Å². The van der Waals surface area contributed by atoms with Crippen LogP contribution >= 0.6 is 11.8 Å². The Morgan fingerprint density at radius 2 is 1.90 bits per heavy atom. The molecule has 3 aromatic rings. The number of nitrogens with zero attached hydrogens (tertiary/aromatic N) is 2. The predicted octanol–water partition coefficient (Wildman–Crippen LogP) is 3.71. The van der Waals surface area contributed by atoms with Crippen LogP contribution in [-0.4, -0.2) is 41.4 Å². The van der Waals surface area contributed by atoms with Crippen molar-refractivity contribution >= 4 is 29.3 Å². The van der Waals surface area contributed by atoms with Crippen LogP contribution in [0.1, 0.15) is 15.9 Å². The molecule has 0 bridgehead atoms. The molecule has 0 aliphatic rings. The second-order valence-corrected chi connectivity index (χ2v) is 7.10. The van der Waals surface area contributed by atoms with Crippen LogP contribution in [0.5, 0.6) is 5.75 Å². The summed E-state index contributed by atoms with van der Waals surface area (Å²) in [4.78, 5) is 28.1. The lowest BCUT2D eigenvalue weighted by Gasteiger charge is -2.13. The molecule has 0 aliphatic heterocycles. The molecule has 29 heavy (non-hydrogen) atoms. The second-order valence-electron chi connectivity index (χ2n) is 6.16. The number of imidazole rings is 1. The fourth-order valence-corrected chi connectivity index (χ4v) is 3.47. The highest BCUT2D eigenvalue weighted by atomic mass is 32.2. The molecule has 1 heterocycles. The number of carbonyl (C=O) groups excluding carboxylic acids is 2. The van der Waals surface area contributed by atoms with Crippen molar-refractivity contribution in [2.75, 3.05) is 25.3 Å². The molecule has 0 saturated heterocycles. The molecule has 0 atom stereocenters. The summed E-state index contributed by atoms with van der Waals surface area (Å²) >= 11 is 1.32. The van der Waals surface area contributed by atoms with E-state index in [4.69, 9.17) is 4.74 Å². The Labute approximate surface area is 173 Å². The summed E-state index contributed by atoms with van der Waals surface area (Å²) in [6.07, 6.45) is 3.52. The maximum Gasteiger partial charge on any atom is 0.337 e. The molecule has 0 aliphatic carbocycles. The van der Waals surface area contributed by atoms with Gasteiger partial charge in [-0.15, -0.1) is 0 Å². The number of anilines is 1. The SMILES string of the molecule is COC(=O)c1ccc(NC(=O)CSc2nccn2-c2cc(C)ccc2OC)cc1. The van der Waals surface area contributed by atoms with Gasteiger partial charge in [0.15, 0.2) is 5.16 Å². The van der Waals surface area contributed by atoms with Crippen molar-refractivity contribution in [3.63, 3.8) is 0 Å². The van der Waals surface area contributed by atoms with E-state index in [0.717, 1.165) is 17.0 Å². The number of nitrogens with one attached hydrogen (secondary N) is 1. The van der Waals surface area contributed by atoms with Gasteiger partial charge in [0.25, 0.3) is 0 Å². The molecule has 1 N–H and O–H groups in total. The molecule has 8 heteroatoms. The number of hydrogen-bond donors (Lipinski definition) is 1. The first-order valence-corrected chi connectivity index (χ1v) is 9.79. The van der Waals surface area contributed by atoms with Crippen LogP contribution < -0.4 is 10.1 Å². The molecule has 3 rings (SSSR count). The van der Waals surface area contributed by atoms with Crippen molar-refractivity contribution in [3.8, 4) is 11.4 Å². The Bertz CT molecular complexity index is 1020. The zero-order valence-electron chi connectivity index (χ0n) is 16.3. The van der Waals surface area contributed by atoms with Crippen molar-refractivity contribution in [2.24, 2.45) is 0 Å². The zero-order valence-corrected chi connectivity index (χ0v) is 17.2. The van der Waals surface area contributed by atoms with Gasteiger partial charge in [-0.3, -0.25) is 9.36 Å². The highest BCUT2D eigenvalue weighted by Crippen LogP contribution is 2.28. The number of hydrogen-bond acceptors (Lipinski definition) is 6. The average Bonchev–Trinajstić information content (AvgIpc) is 3.20. The molecular formula is C21H21N3O4S. The third-order valence-electron chi connectivity index (χ3n) is 4.12. The molecule has 7 nitrogen and oxygen atoms in total. The third kappa shape index (κ3) is 4.97. The highest BCUT2D eigenvalue weighted by molar-refractivity contribution is 7.99. The first kappa shape index (κ1) is 20.5. The van der Waals surface area contributed by atoms with Gasteiger partial charge < -0.3 is 14.8 Å². The van der Waals surface area contributed by atoms with Crippen molar-refractivity contribution < 1.29 is 19.1 Å². The van der Waals surface area contributed by atoms with Gasteiger partial charge in [0, 0.05) is 18.1 Å². The van der Waals surface area contributed by atoms with Crippen LogP contribution in [0.15, 0.2) is 60.0 Å². The fourth-order valence-electron chi connectivity index (χ4n) is 2.70. The van der Waals surface area contributed by atoms with E-state index in [-0.39, 0.29) is 11.7 Å². The van der Waals surface area contributed by atoms with Gasteiger partial charge in [0.1, 0.15) is 5.75 Å². The smallest absolute Gasteiger partial charge is 0.337 e. The topological polar surface area (TPSA) is 82.5 Å². The zero-order chi connectivity index (χ0) is 20.8. The van der Waals surface area contributed by atoms with Gasteiger partial charge in [-0.25, -0.2) is 9.78 Å². The molecule has 0 fully saturated rings. The lowest BCUT2D eigenvalue weighted by molar-refractivity contribution is -0.113. The summed E-state index contributed by atoms with van der Waals surface area (Å²) in [5.41, 5.74) is 2.99. The Morgan fingerprint density at radius 1 is 1.14 bits per heavy atom. The van der Waals surface area contributed by atoms with Crippen LogP contribution in [0.3, 0.4) is 0 Å². The maximum atomic E-state index is 12.3. The molecule has 2 aromatic carbocycles. The quantitative estimate of drug-likeness (QED) is 0.471. The average molecular weight is 411 g/mol. The van der Waals surface area contributed by atoms with Gasteiger partial charge in [0.05, 0.1) is 31.2 Å². The minimum Gasteiger partial charge on any atom is -0.495 e. The summed E-state index contributed by atoms with van der Waals surface area (Å²) < 4.78 is 12.0. The Balaban J connectivity index is 1.66. The first-order valence-electron chi connectivity index (χ1n) is 8.81. The minimum absolute atomic E-state index is 0.174. The number of aryl methyl sites for hydroxylation is 1. The Hall–Kier alpha value is -3.26. The minimum atomic E-state index is -0.420. The van der Waals surface area contributed by atoms with E-state index in [0.29, 0.717) is 16.4 Å². The number of esters is 1. The number of rotatable bonds is 7. The maximum absolute atomic E-state index is 12.3. The van der Waals surface area contributed by atoms with Crippen LogP contribution in [0.4, 0.5) is 5.69 Å². The summed E-state index contributed by atoms with van der Waals surface area (Å²) in [6.45, 7) is 2.01. The number of amides is 1. The molecule has 1 amide bonds. The lowest BCUT2D eigenvalue weighted by Crippen LogP contribution is -2.14. The molecule has 0 spiro atoms. The van der Waals surface area contributed by atoms with Crippen molar-refractivity contribution in [1.29, 1.82) is 0 Å². The number of thioether (sulfide) groups is 1. The largest absolute Gasteiger partial charge is 0.495 e. The van der Waals surface area contributed by atoms with Crippen molar-refractivity contribution in [3.05, 3.63) is 66.0 Å². The summed E-state index contributed by atoms with van der Waals surface area (Å²) in [5, 5.41) is 3.49. The Morgan fingerprint density at radius 3 is 2.59 bits per heavy atom. The van der Waals surface area contributed by atoms with E-state index < -0.39 is 5.97 Å². The first-order chi connectivity index (χ1) is 14.0. The molecule has 0 radical (unpaired) electrons. The summed E-state index contributed by atoms with van der Waals surface area (Å²) in [7, 11) is 2.95. The summed E-state index contributed by atoms with van der Waals surface area (Å²) in [6, 6.07) is 12.4. The highest BCUT2D eigenvalue weighted by Gasteiger charge is 2.13. The normalized spacial score (nSPS) is 10.4.